The molecular weight excluding hydrogens is 354 g/mol. The van der Waals surface area contributed by atoms with Gasteiger partial charge in [0, 0.05) is 18.9 Å². The SMILES string of the molecule is COC(=O)c1cc(C(=O)S(C)(=O)=O)n(CCNC(=O)OC(C)(C)C)n1. The second kappa shape index (κ2) is 7.64. The molecule has 0 aliphatic rings. The Kier molecular flexibility index (Phi) is 6.30. The van der Waals surface area contributed by atoms with Gasteiger partial charge in [-0.15, -0.1) is 0 Å². The van der Waals surface area contributed by atoms with Crippen molar-refractivity contribution in [3.05, 3.63) is 17.5 Å². The van der Waals surface area contributed by atoms with Crippen LogP contribution in [0.4, 0.5) is 4.79 Å². The first-order valence-electron chi connectivity index (χ1n) is 7.22. The van der Waals surface area contributed by atoms with E-state index in [1.54, 1.807) is 20.8 Å². The average Bonchev–Trinajstić information content (AvgIpc) is 2.86. The smallest absolute Gasteiger partial charge is 0.407 e. The van der Waals surface area contributed by atoms with Crippen molar-refractivity contribution in [2.24, 2.45) is 0 Å². The van der Waals surface area contributed by atoms with Gasteiger partial charge in [-0.3, -0.25) is 9.48 Å². The van der Waals surface area contributed by atoms with Crippen molar-refractivity contribution in [1.29, 1.82) is 0 Å². The summed E-state index contributed by atoms with van der Waals surface area (Å²) in [7, 11) is -2.90. The first kappa shape index (κ1) is 20.6. The Morgan fingerprint density at radius 3 is 2.36 bits per heavy atom. The van der Waals surface area contributed by atoms with Crippen LogP contribution in [0.25, 0.3) is 0 Å². The van der Waals surface area contributed by atoms with Crippen LogP contribution in [0.5, 0.6) is 0 Å². The summed E-state index contributed by atoms with van der Waals surface area (Å²) >= 11 is 0. The molecular formula is C14H21N3O7S. The predicted molar refractivity (Wildman–Crippen MR) is 87.0 cm³/mol. The summed E-state index contributed by atoms with van der Waals surface area (Å²) in [4.78, 5) is 35.1. The molecule has 25 heavy (non-hydrogen) atoms. The number of carbonyl (C=O) groups is 3. The summed E-state index contributed by atoms with van der Waals surface area (Å²) in [6, 6.07) is 1.03. The number of nitrogens with one attached hydrogen (secondary N) is 1. The first-order valence-corrected chi connectivity index (χ1v) is 9.11. The number of aromatic nitrogens is 2. The largest absolute Gasteiger partial charge is 0.464 e. The van der Waals surface area contributed by atoms with E-state index in [-0.39, 0.29) is 24.5 Å². The van der Waals surface area contributed by atoms with Gasteiger partial charge in [0.1, 0.15) is 11.3 Å². The number of nitrogens with zero attached hydrogens (tertiary/aromatic N) is 2. The third-order valence-electron chi connectivity index (χ3n) is 2.71. The standard InChI is InChI=1S/C14H21N3O7S/c1-14(2,3)24-13(20)15-6-7-17-10(12(19)25(5,21)22)8-9(16-17)11(18)23-4/h8H,6-7H2,1-5H3,(H,15,20). The maximum atomic E-state index is 12.0. The molecule has 0 aromatic carbocycles. The van der Waals surface area contributed by atoms with Gasteiger partial charge in [0.15, 0.2) is 5.69 Å². The number of alkyl carbamates (subject to hydrolysis) is 1. The minimum atomic E-state index is -4.03. The van der Waals surface area contributed by atoms with Crippen molar-refractivity contribution in [3.8, 4) is 0 Å². The molecule has 0 aliphatic carbocycles. The number of amides is 1. The molecule has 1 rings (SSSR count). The molecule has 0 saturated carbocycles. The lowest BCUT2D eigenvalue weighted by Crippen LogP contribution is -2.34. The summed E-state index contributed by atoms with van der Waals surface area (Å²) in [6.07, 6.45) is 0.0764. The van der Waals surface area contributed by atoms with Crippen LogP contribution in [0.3, 0.4) is 0 Å². The van der Waals surface area contributed by atoms with Crippen molar-refractivity contribution in [2.75, 3.05) is 19.9 Å². The summed E-state index contributed by atoms with van der Waals surface area (Å²) in [5, 5.41) is 5.11. The number of methoxy groups -OCH3 is 1. The number of rotatable bonds is 5. The van der Waals surface area contributed by atoms with E-state index >= 15 is 0 Å². The Morgan fingerprint density at radius 2 is 1.88 bits per heavy atom. The maximum absolute atomic E-state index is 12.0. The highest BCUT2D eigenvalue weighted by Gasteiger charge is 2.26. The molecule has 10 nitrogen and oxygen atoms in total. The van der Waals surface area contributed by atoms with E-state index in [9.17, 15) is 22.8 Å². The van der Waals surface area contributed by atoms with Gasteiger partial charge in [-0.1, -0.05) is 0 Å². The maximum Gasteiger partial charge on any atom is 0.407 e. The molecule has 1 aromatic heterocycles. The highest BCUT2D eigenvalue weighted by molar-refractivity contribution is 8.06. The molecule has 1 aromatic rings. The lowest BCUT2D eigenvalue weighted by atomic mass is 10.2. The number of ether oxygens (including phenoxy) is 2. The second-order valence-electron chi connectivity index (χ2n) is 6.12. The third kappa shape index (κ3) is 6.18. The van der Waals surface area contributed by atoms with Crippen LogP contribution >= 0.6 is 0 Å². The lowest BCUT2D eigenvalue weighted by Gasteiger charge is -2.19. The molecule has 0 spiro atoms. The molecule has 0 aliphatic heterocycles. The fourth-order valence-corrected chi connectivity index (χ4v) is 2.27. The Morgan fingerprint density at radius 1 is 1.28 bits per heavy atom. The monoisotopic (exact) mass is 375 g/mol. The second-order valence-corrected chi connectivity index (χ2v) is 8.03. The van der Waals surface area contributed by atoms with Gasteiger partial charge in [-0.05, 0) is 20.8 Å². The molecule has 11 heteroatoms. The highest BCUT2D eigenvalue weighted by Crippen LogP contribution is 2.10. The van der Waals surface area contributed by atoms with Crippen LogP contribution < -0.4 is 5.32 Å². The van der Waals surface area contributed by atoms with Crippen molar-refractivity contribution >= 4 is 27.0 Å². The van der Waals surface area contributed by atoms with Crippen molar-refractivity contribution < 1.29 is 32.3 Å². The Labute approximate surface area is 145 Å². The van der Waals surface area contributed by atoms with Gasteiger partial charge in [-0.2, -0.15) is 5.10 Å². The number of carbonyl (C=O) groups excluding carboxylic acids is 3. The third-order valence-corrected chi connectivity index (χ3v) is 3.59. The molecule has 0 unspecified atom stereocenters. The van der Waals surface area contributed by atoms with E-state index in [2.05, 4.69) is 15.2 Å². The van der Waals surface area contributed by atoms with E-state index < -0.39 is 32.6 Å². The van der Waals surface area contributed by atoms with Crippen LogP contribution in [0.2, 0.25) is 0 Å². The Bertz CT molecular complexity index is 775. The topological polar surface area (TPSA) is 134 Å². The number of esters is 1. The average molecular weight is 375 g/mol. The van der Waals surface area contributed by atoms with Crippen molar-refractivity contribution in [2.45, 2.75) is 32.9 Å². The molecule has 140 valence electrons. The van der Waals surface area contributed by atoms with Crippen molar-refractivity contribution in [3.63, 3.8) is 0 Å². The minimum absolute atomic E-state index is 0.00124. The highest BCUT2D eigenvalue weighted by atomic mass is 32.2. The van der Waals surface area contributed by atoms with Crippen LogP contribution in [0.15, 0.2) is 6.07 Å². The number of hydrogen-bond donors (Lipinski definition) is 1. The first-order chi connectivity index (χ1) is 11.3. The Balaban J connectivity index is 2.94. The van der Waals surface area contributed by atoms with E-state index in [0.717, 1.165) is 24.1 Å². The number of sulfone groups is 1. The van der Waals surface area contributed by atoms with E-state index in [4.69, 9.17) is 4.74 Å². The van der Waals surface area contributed by atoms with Gasteiger partial charge in [0.2, 0.25) is 9.84 Å². The predicted octanol–water partition coefficient (Wildman–Crippen LogP) is 0.379. The van der Waals surface area contributed by atoms with Gasteiger partial charge in [0.05, 0.1) is 13.7 Å². The molecule has 1 heterocycles. The fraction of sp³-hybridized carbons (Fsp3) is 0.571. The van der Waals surface area contributed by atoms with E-state index in [1.807, 2.05) is 0 Å². The van der Waals surface area contributed by atoms with Crippen LogP contribution in [0.1, 0.15) is 41.7 Å². The molecule has 0 atom stereocenters. The number of hydrogen-bond acceptors (Lipinski definition) is 8. The van der Waals surface area contributed by atoms with Gasteiger partial charge < -0.3 is 14.8 Å². The van der Waals surface area contributed by atoms with Crippen molar-refractivity contribution in [1.82, 2.24) is 15.1 Å². The zero-order chi connectivity index (χ0) is 19.4. The molecule has 0 saturated heterocycles. The normalized spacial score (nSPS) is 11.7. The zero-order valence-electron chi connectivity index (χ0n) is 14.7. The summed E-state index contributed by atoms with van der Waals surface area (Å²) in [5.74, 6) is -0.818. The Hall–Kier alpha value is -2.43. The molecule has 0 fully saturated rings. The van der Waals surface area contributed by atoms with Crippen LogP contribution in [0, 0.1) is 0 Å². The molecule has 0 bridgehead atoms. The molecule has 0 radical (unpaired) electrons. The molecule has 1 amide bonds. The summed E-state index contributed by atoms with van der Waals surface area (Å²) in [6.45, 7) is 5.05. The summed E-state index contributed by atoms with van der Waals surface area (Å²) in [5.41, 5.74) is -1.19. The van der Waals surface area contributed by atoms with Crippen LogP contribution in [-0.2, 0) is 25.9 Å². The lowest BCUT2D eigenvalue weighted by molar-refractivity contribution is 0.0523. The van der Waals surface area contributed by atoms with E-state index in [0.29, 0.717) is 0 Å². The van der Waals surface area contributed by atoms with E-state index in [1.165, 1.54) is 0 Å². The van der Waals surface area contributed by atoms with Gasteiger partial charge >= 0.3 is 12.1 Å². The quantitative estimate of drug-likeness (QED) is 0.730. The minimum Gasteiger partial charge on any atom is -0.464 e. The molecule has 1 N–H and O–H groups in total. The summed E-state index contributed by atoms with van der Waals surface area (Å²) < 4.78 is 33.5. The fourth-order valence-electron chi connectivity index (χ4n) is 1.72. The van der Waals surface area contributed by atoms with Crippen LogP contribution in [-0.4, -0.2) is 60.9 Å². The van der Waals surface area contributed by atoms with Gasteiger partial charge in [-0.25, -0.2) is 18.0 Å². The zero-order valence-corrected chi connectivity index (χ0v) is 15.5. The van der Waals surface area contributed by atoms with Gasteiger partial charge in [0.25, 0.3) is 5.12 Å².